The Hall–Kier alpha value is -1.55. The number of nitrogens with two attached hydrogens (primary N) is 1. The van der Waals surface area contributed by atoms with Crippen molar-refractivity contribution in [2.24, 2.45) is 11.7 Å². The van der Waals surface area contributed by atoms with Gasteiger partial charge in [-0.3, -0.25) is 4.79 Å². The molecule has 1 aromatic carbocycles. The first-order valence-corrected chi connectivity index (χ1v) is 7.68. The summed E-state index contributed by atoms with van der Waals surface area (Å²) in [6.45, 7) is 9.33. The average molecular weight is 292 g/mol. The predicted octanol–water partition coefficient (Wildman–Crippen LogP) is 2.43. The summed E-state index contributed by atoms with van der Waals surface area (Å²) >= 11 is 0. The van der Waals surface area contributed by atoms with Crippen LogP contribution in [0.4, 0.5) is 0 Å². The van der Waals surface area contributed by atoms with Crippen LogP contribution >= 0.6 is 0 Å². The molecule has 1 amide bonds. The lowest BCUT2D eigenvalue weighted by atomic mass is 10.1. The number of amides is 1. The van der Waals surface area contributed by atoms with Crippen molar-refractivity contribution < 1.29 is 9.53 Å². The summed E-state index contributed by atoms with van der Waals surface area (Å²) in [7, 11) is 0. The molecule has 118 valence electrons. The molecule has 0 spiro atoms. The van der Waals surface area contributed by atoms with Crippen LogP contribution in [0.1, 0.15) is 38.3 Å². The molecule has 3 N–H and O–H groups in total. The number of rotatable bonds is 8. The highest BCUT2D eigenvalue weighted by Gasteiger charge is 2.16. The van der Waals surface area contributed by atoms with Crippen molar-refractivity contribution in [1.29, 1.82) is 0 Å². The first-order chi connectivity index (χ1) is 9.93. The SMILES string of the molecule is Cc1ccc(OC(C)C(=O)NCCC(C)C)c(CCN)c1. The van der Waals surface area contributed by atoms with E-state index in [0.717, 1.165) is 24.2 Å². The fourth-order valence-electron chi connectivity index (χ4n) is 2.05. The van der Waals surface area contributed by atoms with Crippen LogP contribution < -0.4 is 15.8 Å². The molecule has 21 heavy (non-hydrogen) atoms. The minimum absolute atomic E-state index is 0.0741. The maximum Gasteiger partial charge on any atom is 0.260 e. The molecular formula is C17H28N2O2. The van der Waals surface area contributed by atoms with Gasteiger partial charge in [-0.1, -0.05) is 31.5 Å². The van der Waals surface area contributed by atoms with Crippen molar-refractivity contribution in [3.05, 3.63) is 29.3 Å². The summed E-state index contributed by atoms with van der Waals surface area (Å²) in [5.74, 6) is 1.25. The molecule has 0 saturated heterocycles. The summed E-state index contributed by atoms with van der Waals surface area (Å²) in [5.41, 5.74) is 7.85. The normalized spacial score (nSPS) is 12.3. The van der Waals surface area contributed by atoms with E-state index >= 15 is 0 Å². The van der Waals surface area contributed by atoms with E-state index < -0.39 is 6.10 Å². The Morgan fingerprint density at radius 1 is 1.33 bits per heavy atom. The standard InChI is InChI=1S/C17H28N2O2/c1-12(2)8-10-19-17(20)14(4)21-16-6-5-13(3)11-15(16)7-9-18/h5-6,11-12,14H,7-10,18H2,1-4H3,(H,19,20). The van der Waals surface area contributed by atoms with Gasteiger partial charge in [0.2, 0.25) is 0 Å². The Bertz CT molecular complexity index is 458. The molecule has 1 unspecified atom stereocenters. The second kappa shape index (κ2) is 8.67. The molecule has 0 aliphatic rings. The van der Waals surface area contributed by atoms with Crippen LogP contribution in [-0.2, 0) is 11.2 Å². The van der Waals surface area contributed by atoms with Crippen LogP contribution in [0.5, 0.6) is 5.75 Å². The van der Waals surface area contributed by atoms with Gasteiger partial charge in [-0.2, -0.15) is 0 Å². The van der Waals surface area contributed by atoms with Gasteiger partial charge in [0.25, 0.3) is 5.91 Å². The largest absolute Gasteiger partial charge is 0.481 e. The molecule has 0 bridgehead atoms. The minimum atomic E-state index is -0.503. The zero-order valence-corrected chi connectivity index (χ0v) is 13.6. The van der Waals surface area contributed by atoms with Gasteiger partial charge in [0, 0.05) is 6.54 Å². The van der Waals surface area contributed by atoms with E-state index in [4.69, 9.17) is 10.5 Å². The zero-order chi connectivity index (χ0) is 15.8. The van der Waals surface area contributed by atoms with Crippen molar-refractivity contribution in [3.8, 4) is 5.75 Å². The van der Waals surface area contributed by atoms with Crippen molar-refractivity contribution in [2.75, 3.05) is 13.1 Å². The number of hydrogen-bond acceptors (Lipinski definition) is 3. The first-order valence-electron chi connectivity index (χ1n) is 7.68. The fraction of sp³-hybridized carbons (Fsp3) is 0.588. The highest BCUT2D eigenvalue weighted by atomic mass is 16.5. The fourth-order valence-corrected chi connectivity index (χ4v) is 2.05. The van der Waals surface area contributed by atoms with Crippen LogP contribution in [0.2, 0.25) is 0 Å². The molecule has 4 heteroatoms. The van der Waals surface area contributed by atoms with Gasteiger partial charge in [-0.15, -0.1) is 0 Å². The summed E-state index contributed by atoms with van der Waals surface area (Å²) < 4.78 is 5.80. The molecule has 1 aromatic rings. The maximum atomic E-state index is 12.0. The number of carbonyl (C=O) groups excluding carboxylic acids is 1. The molecule has 0 radical (unpaired) electrons. The second-order valence-electron chi connectivity index (χ2n) is 5.88. The van der Waals surface area contributed by atoms with Crippen LogP contribution in [0.3, 0.4) is 0 Å². The molecule has 0 aliphatic carbocycles. The minimum Gasteiger partial charge on any atom is -0.481 e. The number of hydrogen-bond donors (Lipinski definition) is 2. The summed E-state index contributed by atoms with van der Waals surface area (Å²) in [4.78, 5) is 12.0. The van der Waals surface area contributed by atoms with Gasteiger partial charge < -0.3 is 15.8 Å². The Balaban J connectivity index is 2.61. The number of ether oxygens (including phenoxy) is 1. The third-order valence-corrected chi connectivity index (χ3v) is 3.32. The molecule has 0 fully saturated rings. The molecule has 0 aromatic heterocycles. The molecule has 1 rings (SSSR count). The van der Waals surface area contributed by atoms with Crippen LogP contribution in [0.25, 0.3) is 0 Å². The third-order valence-electron chi connectivity index (χ3n) is 3.32. The van der Waals surface area contributed by atoms with Crippen LogP contribution in [0, 0.1) is 12.8 Å². The third kappa shape index (κ3) is 6.17. The number of nitrogens with one attached hydrogen (secondary N) is 1. The number of benzene rings is 1. The Morgan fingerprint density at radius 2 is 2.05 bits per heavy atom. The van der Waals surface area contributed by atoms with Crippen molar-refractivity contribution >= 4 is 5.91 Å². The maximum absolute atomic E-state index is 12.0. The zero-order valence-electron chi connectivity index (χ0n) is 13.6. The quantitative estimate of drug-likeness (QED) is 0.773. The lowest BCUT2D eigenvalue weighted by molar-refractivity contribution is -0.127. The highest BCUT2D eigenvalue weighted by molar-refractivity contribution is 5.80. The van der Waals surface area contributed by atoms with Gasteiger partial charge in [0.15, 0.2) is 6.10 Å². The topological polar surface area (TPSA) is 64.3 Å². The lowest BCUT2D eigenvalue weighted by Crippen LogP contribution is -2.37. The highest BCUT2D eigenvalue weighted by Crippen LogP contribution is 2.21. The van der Waals surface area contributed by atoms with Gasteiger partial charge in [-0.25, -0.2) is 0 Å². The molecule has 0 heterocycles. The molecule has 4 nitrogen and oxygen atoms in total. The van der Waals surface area contributed by atoms with Gasteiger partial charge >= 0.3 is 0 Å². The lowest BCUT2D eigenvalue weighted by Gasteiger charge is -2.18. The van der Waals surface area contributed by atoms with Gasteiger partial charge in [0.05, 0.1) is 0 Å². The molecular weight excluding hydrogens is 264 g/mol. The van der Waals surface area contributed by atoms with E-state index in [-0.39, 0.29) is 5.91 Å². The van der Waals surface area contributed by atoms with Crippen molar-refractivity contribution in [1.82, 2.24) is 5.32 Å². The smallest absolute Gasteiger partial charge is 0.260 e. The van der Waals surface area contributed by atoms with Crippen molar-refractivity contribution in [2.45, 2.75) is 46.6 Å². The molecule has 1 atom stereocenters. The van der Waals surface area contributed by atoms with Crippen molar-refractivity contribution in [3.63, 3.8) is 0 Å². The number of aryl methyl sites for hydroxylation is 1. The average Bonchev–Trinajstić information content (AvgIpc) is 2.41. The van der Waals surface area contributed by atoms with E-state index in [2.05, 4.69) is 25.2 Å². The number of carbonyl (C=O) groups is 1. The predicted molar refractivity (Wildman–Crippen MR) is 86.5 cm³/mol. The molecule has 0 saturated carbocycles. The van der Waals surface area contributed by atoms with E-state index in [1.165, 1.54) is 5.56 Å². The molecule has 0 aliphatic heterocycles. The summed E-state index contributed by atoms with van der Waals surface area (Å²) in [5, 5.41) is 2.91. The Morgan fingerprint density at radius 3 is 2.67 bits per heavy atom. The second-order valence-corrected chi connectivity index (χ2v) is 5.88. The first kappa shape index (κ1) is 17.5. The van der Waals surface area contributed by atoms with Gasteiger partial charge in [0.1, 0.15) is 5.75 Å². The summed E-state index contributed by atoms with van der Waals surface area (Å²) in [6, 6.07) is 5.96. The van der Waals surface area contributed by atoms with Gasteiger partial charge in [-0.05, 0) is 50.8 Å². The Kier molecular flexibility index (Phi) is 7.23. The van der Waals surface area contributed by atoms with E-state index in [1.54, 1.807) is 6.92 Å². The van der Waals surface area contributed by atoms with E-state index in [9.17, 15) is 4.79 Å². The van der Waals surface area contributed by atoms with E-state index in [1.807, 2.05) is 19.1 Å². The van der Waals surface area contributed by atoms with E-state index in [0.29, 0.717) is 19.0 Å². The summed E-state index contributed by atoms with van der Waals surface area (Å²) in [6.07, 6.45) is 1.22. The Labute approximate surface area is 128 Å². The van der Waals surface area contributed by atoms with Crippen LogP contribution in [-0.4, -0.2) is 25.1 Å². The van der Waals surface area contributed by atoms with Crippen LogP contribution in [0.15, 0.2) is 18.2 Å². The monoisotopic (exact) mass is 292 g/mol.